The quantitative estimate of drug-likeness (QED) is 0.777. The summed E-state index contributed by atoms with van der Waals surface area (Å²) >= 11 is 0. The summed E-state index contributed by atoms with van der Waals surface area (Å²) in [4.78, 5) is 12.6. The van der Waals surface area contributed by atoms with Crippen LogP contribution in [0.25, 0.3) is 0 Å². The van der Waals surface area contributed by atoms with E-state index in [1.165, 1.54) is 23.1 Å². The van der Waals surface area contributed by atoms with Crippen molar-refractivity contribution in [3.05, 3.63) is 69.8 Å². The van der Waals surface area contributed by atoms with Gasteiger partial charge < -0.3 is 4.74 Å². The molecule has 2 nitrogen and oxygen atoms in total. The SMILES string of the molecule is O=C(c1ccc2c(c1)CCC2)c1ccc2c(c1)COC2. The van der Waals surface area contributed by atoms with Crippen LogP contribution in [0.3, 0.4) is 0 Å². The first-order chi connectivity index (χ1) is 9.81. The van der Waals surface area contributed by atoms with Gasteiger partial charge in [0.15, 0.2) is 5.78 Å². The number of hydrogen-bond donors (Lipinski definition) is 0. The molecule has 0 fully saturated rings. The number of benzene rings is 2. The molecular formula is C18H16O2. The lowest BCUT2D eigenvalue weighted by atomic mass is 9.97. The maximum atomic E-state index is 12.6. The number of rotatable bonds is 2. The van der Waals surface area contributed by atoms with E-state index in [9.17, 15) is 4.79 Å². The van der Waals surface area contributed by atoms with Crippen molar-refractivity contribution in [3.63, 3.8) is 0 Å². The summed E-state index contributed by atoms with van der Waals surface area (Å²) in [6.45, 7) is 1.29. The predicted octanol–water partition coefficient (Wildman–Crippen LogP) is 3.44. The van der Waals surface area contributed by atoms with Gasteiger partial charge in [-0.25, -0.2) is 0 Å². The molecule has 0 unspecified atom stereocenters. The number of aryl methyl sites for hydroxylation is 2. The summed E-state index contributed by atoms with van der Waals surface area (Å²) in [6.07, 6.45) is 3.47. The highest BCUT2D eigenvalue weighted by Gasteiger charge is 2.17. The van der Waals surface area contributed by atoms with Crippen LogP contribution in [0.1, 0.15) is 44.6 Å². The Hall–Kier alpha value is -1.93. The molecule has 20 heavy (non-hydrogen) atoms. The normalized spacial score (nSPS) is 16.0. The maximum absolute atomic E-state index is 12.6. The Kier molecular flexibility index (Phi) is 2.71. The number of fused-ring (bicyclic) bond motifs is 2. The topological polar surface area (TPSA) is 26.3 Å². The zero-order chi connectivity index (χ0) is 13.5. The second kappa shape index (κ2) is 4.57. The number of carbonyl (C=O) groups excluding carboxylic acids is 1. The van der Waals surface area contributed by atoms with Crippen LogP contribution < -0.4 is 0 Å². The molecule has 2 aromatic rings. The monoisotopic (exact) mass is 264 g/mol. The molecule has 1 aliphatic carbocycles. The minimum atomic E-state index is 0.120. The van der Waals surface area contributed by atoms with Gasteiger partial charge in [0, 0.05) is 11.1 Å². The molecule has 0 N–H and O–H groups in total. The van der Waals surface area contributed by atoms with E-state index in [1.807, 2.05) is 24.3 Å². The van der Waals surface area contributed by atoms with Crippen LogP contribution in [0.4, 0.5) is 0 Å². The van der Waals surface area contributed by atoms with Gasteiger partial charge in [0.25, 0.3) is 0 Å². The second-order valence-electron chi connectivity index (χ2n) is 5.64. The van der Waals surface area contributed by atoms with Crippen molar-refractivity contribution in [2.45, 2.75) is 32.5 Å². The number of hydrogen-bond acceptors (Lipinski definition) is 2. The van der Waals surface area contributed by atoms with Crippen molar-refractivity contribution < 1.29 is 9.53 Å². The fraction of sp³-hybridized carbons (Fsp3) is 0.278. The first-order valence-electron chi connectivity index (χ1n) is 7.17. The molecule has 0 saturated heterocycles. The minimum Gasteiger partial charge on any atom is -0.372 e. The fourth-order valence-corrected chi connectivity index (χ4v) is 3.19. The third kappa shape index (κ3) is 1.88. The van der Waals surface area contributed by atoms with Crippen LogP contribution in [-0.4, -0.2) is 5.78 Å². The Morgan fingerprint density at radius 3 is 2.30 bits per heavy atom. The van der Waals surface area contributed by atoms with Gasteiger partial charge in [0.05, 0.1) is 13.2 Å². The Morgan fingerprint density at radius 2 is 1.45 bits per heavy atom. The molecular weight excluding hydrogens is 248 g/mol. The molecule has 0 aromatic heterocycles. The van der Waals surface area contributed by atoms with Crippen molar-refractivity contribution in [2.75, 3.05) is 0 Å². The van der Waals surface area contributed by atoms with E-state index >= 15 is 0 Å². The van der Waals surface area contributed by atoms with Gasteiger partial charge in [0.1, 0.15) is 0 Å². The first-order valence-corrected chi connectivity index (χ1v) is 7.17. The van der Waals surface area contributed by atoms with E-state index in [-0.39, 0.29) is 5.78 Å². The lowest BCUT2D eigenvalue weighted by Crippen LogP contribution is -2.03. The number of ketones is 1. The molecule has 2 aromatic carbocycles. The smallest absolute Gasteiger partial charge is 0.193 e. The molecule has 100 valence electrons. The van der Waals surface area contributed by atoms with E-state index < -0.39 is 0 Å². The summed E-state index contributed by atoms with van der Waals surface area (Å²) in [6, 6.07) is 12.1. The van der Waals surface area contributed by atoms with Gasteiger partial charge in [0.2, 0.25) is 0 Å². The van der Waals surface area contributed by atoms with Crippen molar-refractivity contribution in [1.82, 2.24) is 0 Å². The molecule has 2 heteroatoms. The number of ether oxygens (including phenoxy) is 1. The second-order valence-corrected chi connectivity index (χ2v) is 5.64. The summed E-state index contributed by atoms with van der Waals surface area (Å²) in [5.41, 5.74) is 6.69. The summed E-state index contributed by atoms with van der Waals surface area (Å²) in [7, 11) is 0. The molecule has 0 spiro atoms. The fourth-order valence-electron chi connectivity index (χ4n) is 3.19. The van der Waals surface area contributed by atoms with Gasteiger partial charge in [-0.05, 0) is 53.6 Å². The highest BCUT2D eigenvalue weighted by molar-refractivity contribution is 6.09. The molecule has 1 heterocycles. The van der Waals surface area contributed by atoms with Gasteiger partial charge in [-0.2, -0.15) is 0 Å². The van der Waals surface area contributed by atoms with Gasteiger partial charge in [-0.3, -0.25) is 4.79 Å². The van der Waals surface area contributed by atoms with Crippen LogP contribution in [0.2, 0.25) is 0 Å². The van der Waals surface area contributed by atoms with Gasteiger partial charge in [-0.1, -0.05) is 24.3 Å². The summed E-state index contributed by atoms with van der Waals surface area (Å²) < 4.78 is 5.40. The highest BCUT2D eigenvalue weighted by atomic mass is 16.5. The average Bonchev–Trinajstić information content (AvgIpc) is 3.13. The molecule has 0 radical (unpaired) electrons. The van der Waals surface area contributed by atoms with E-state index in [0.29, 0.717) is 13.2 Å². The Bertz CT molecular complexity index is 641. The van der Waals surface area contributed by atoms with E-state index in [4.69, 9.17) is 4.74 Å². The zero-order valence-corrected chi connectivity index (χ0v) is 11.3. The molecule has 1 aliphatic heterocycles. The third-order valence-electron chi connectivity index (χ3n) is 4.34. The molecule has 0 atom stereocenters. The molecule has 4 rings (SSSR count). The maximum Gasteiger partial charge on any atom is 0.193 e. The van der Waals surface area contributed by atoms with Crippen molar-refractivity contribution in [2.24, 2.45) is 0 Å². The van der Waals surface area contributed by atoms with E-state index in [1.54, 1.807) is 0 Å². The van der Waals surface area contributed by atoms with Crippen LogP contribution in [0.15, 0.2) is 36.4 Å². The summed E-state index contributed by atoms with van der Waals surface area (Å²) in [5.74, 6) is 0.120. The van der Waals surface area contributed by atoms with Crippen molar-refractivity contribution in [1.29, 1.82) is 0 Å². The largest absolute Gasteiger partial charge is 0.372 e. The van der Waals surface area contributed by atoms with Crippen molar-refractivity contribution in [3.8, 4) is 0 Å². The first kappa shape index (κ1) is 11.9. The summed E-state index contributed by atoms with van der Waals surface area (Å²) in [5, 5.41) is 0. The van der Waals surface area contributed by atoms with Crippen LogP contribution in [0.5, 0.6) is 0 Å². The van der Waals surface area contributed by atoms with E-state index in [0.717, 1.165) is 29.5 Å². The lowest BCUT2D eigenvalue weighted by Gasteiger charge is -2.06. The molecule has 2 aliphatic rings. The highest BCUT2D eigenvalue weighted by Crippen LogP contribution is 2.25. The number of carbonyl (C=O) groups is 1. The standard InChI is InChI=1S/C18H16O2/c19-18(14-5-4-12-2-1-3-13(12)8-14)15-6-7-16-10-20-11-17(16)9-15/h4-9H,1-3,10-11H2. The van der Waals surface area contributed by atoms with Crippen LogP contribution >= 0.6 is 0 Å². The lowest BCUT2D eigenvalue weighted by molar-refractivity contribution is 0.103. The molecule has 0 bridgehead atoms. The van der Waals surface area contributed by atoms with Gasteiger partial charge in [-0.15, -0.1) is 0 Å². The Labute approximate surface area is 118 Å². The third-order valence-corrected chi connectivity index (χ3v) is 4.34. The van der Waals surface area contributed by atoms with Gasteiger partial charge >= 0.3 is 0 Å². The Morgan fingerprint density at radius 1 is 0.800 bits per heavy atom. The van der Waals surface area contributed by atoms with Crippen LogP contribution in [0, 0.1) is 0 Å². The van der Waals surface area contributed by atoms with Crippen LogP contribution in [-0.2, 0) is 30.8 Å². The molecule has 0 saturated carbocycles. The average molecular weight is 264 g/mol. The zero-order valence-electron chi connectivity index (χ0n) is 11.3. The Balaban J connectivity index is 1.70. The molecule has 0 amide bonds. The predicted molar refractivity (Wildman–Crippen MR) is 76.8 cm³/mol. The minimum absolute atomic E-state index is 0.120. The van der Waals surface area contributed by atoms with E-state index in [2.05, 4.69) is 12.1 Å². The van der Waals surface area contributed by atoms with Crippen molar-refractivity contribution >= 4 is 5.78 Å².